The van der Waals surface area contributed by atoms with E-state index in [4.69, 9.17) is 27.9 Å². The fourth-order valence-corrected chi connectivity index (χ4v) is 3.20. The number of hydrogen-bond acceptors (Lipinski definition) is 3. The summed E-state index contributed by atoms with van der Waals surface area (Å²) in [5, 5.41) is 3.50. The molecule has 7 heteroatoms. The third-order valence-corrected chi connectivity index (χ3v) is 4.89. The number of halogens is 2. The van der Waals surface area contributed by atoms with Crippen LogP contribution in [0.3, 0.4) is 0 Å². The molecular formula is C18H16Cl2N2O3. The second-order valence-electron chi connectivity index (χ2n) is 5.67. The summed E-state index contributed by atoms with van der Waals surface area (Å²) in [6.07, 6.45) is 0.115. The quantitative estimate of drug-likeness (QED) is 0.874. The molecule has 5 nitrogen and oxygen atoms in total. The number of nitrogens with one attached hydrogen (secondary N) is 1. The topological polar surface area (TPSA) is 58.6 Å². The van der Waals surface area contributed by atoms with Crippen molar-refractivity contribution in [3.63, 3.8) is 0 Å². The predicted octanol–water partition coefficient (Wildman–Crippen LogP) is 3.99. The Hall–Kier alpha value is -2.24. The molecule has 0 saturated carbocycles. The van der Waals surface area contributed by atoms with Crippen molar-refractivity contribution in [3.8, 4) is 5.75 Å². The van der Waals surface area contributed by atoms with Crippen molar-refractivity contribution >= 4 is 46.4 Å². The fraction of sp³-hybridized carbons (Fsp3) is 0.222. The SMILES string of the molecule is COc1ccccc1NC(=O)[C@@H]1CC(=O)N(c2cccc(Cl)c2Cl)C1. The number of methoxy groups -OCH3 is 1. The number of carbonyl (C=O) groups excluding carboxylic acids is 2. The Morgan fingerprint density at radius 3 is 2.72 bits per heavy atom. The van der Waals surface area contributed by atoms with Gasteiger partial charge >= 0.3 is 0 Å². The van der Waals surface area contributed by atoms with E-state index in [0.29, 0.717) is 27.2 Å². The molecule has 0 radical (unpaired) electrons. The lowest BCUT2D eigenvalue weighted by Gasteiger charge is -2.19. The number of carbonyl (C=O) groups is 2. The molecule has 2 amide bonds. The third kappa shape index (κ3) is 3.57. The van der Waals surface area contributed by atoms with Crippen LogP contribution < -0.4 is 15.0 Å². The van der Waals surface area contributed by atoms with E-state index < -0.39 is 5.92 Å². The van der Waals surface area contributed by atoms with Gasteiger partial charge in [-0.1, -0.05) is 41.4 Å². The van der Waals surface area contributed by atoms with Gasteiger partial charge in [0.1, 0.15) is 5.75 Å². The number of para-hydroxylation sites is 2. The van der Waals surface area contributed by atoms with Gasteiger partial charge in [0.25, 0.3) is 0 Å². The van der Waals surface area contributed by atoms with Gasteiger partial charge in [0, 0.05) is 13.0 Å². The molecule has 0 spiro atoms. The number of benzene rings is 2. The Morgan fingerprint density at radius 2 is 1.96 bits per heavy atom. The van der Waals surface area contributed by atoms with Crippen molar-refractivity contribution in [2.45, 2.75) is 6.42 Å². The van der Waals surface area contributed by atoms with Crippen LogP contribution in [0.4, 0.5) is 11.4 Å². The summed E-state index contributed by atoms with van der Waals surface area (Å²) in [5.74, 6) is -0.315. The van der Waals surface area contributed by atoms with Crippen molar-refractivity contribution in [1.82, 2.24) is 0 Å². The molecule has 0 aliphatic carbocycles. The highest BCUT2D eigenvalue weighted by Gasteiger charge is 2.36. The first-order valence-corrected chi connectivity index (χ1v) is 8.45. The molecule has 0 unspecified atom stereocenters. The van der Waals surface area contributed by atoms with Gasteiger partial charge < -0.3 is 15.0 Å². The molecule has 3 rings (SSSR count). The van der Waals surface area contributed by atoms with Gasteiger partial charge in [-0.2, -0.15) is 0 Å². The maximum absolute atomic E-state index is 12.6. The summed E-state index contributed by atoms with van der Waals surface area (Å²) < 4.78 is 5.23. The van der Waals surface area contributed by atoms with E-state index in [1.807, 2.05) is 6.07 Å². The van der Waals surface area contributed by atoms with Gasteiger partial charge in [-0.15, -0.1) is 0 Å². The smallest absolute Gasteiger partial charge is 0.229 e. The molecular weight excluding hydrogens is 363 g/mol. The largest absolute Gasteiger partial charge is 0.495 e. The van der Waals surface area contributed by atoms with Crippen molar-refractivity contribution in [3.05, 3.63) is 52.5 Å². The van der Waals surface area contributed by atoms with Gasteiger partial charge in [0.15, 0.2) is 0 Å². The van der Waals surface area contributed by atoms with Crippen LogP contribution in [0.5, 0.6) is 5.75 Å². The van der Waals surface area contributed by atoms with E-state index >= 15 is 0 Å². The lowest BCUT2D eigenvalue weighted by molar-refractivity contribution is -0.122. The summed E-state index contributed by atoms with van der Waals surface area (Å²) in [6.45, 7) is 0.250. The molecule has 1 atom stereocenters. The van der Waals surface area contributed by atoms with Crippen LogP contribution in [-0.4, -0.2) is 25.5 Å². The number of amides is 2. The van der Waals surface area contributed by atoms with E-state index in [-0.39, 0.29) is 24.8 Å². The first kappa shape index (κ1) is 17.6. The van der Waals surface area contributed by atoms with E-state index in [1.165, 1.54) is 12.0 Å². The van der Waals surface area contributed by atoms with Crippen LogP contribution in [0.1, 0.15) is 6.42 Å². The van der Waals surface area contributed by atoms with Crippen LogP contribution in [0, 0.1) is 5.92 Å². The normalized spacial score (nSPS) is 16.8. The van der Waals surface area contributed by atoms with Gasteiger partial charge in [-0.3, -0.25) is 9.59 Å². The average molecular weight is 379 g/mol. The summed E-state index contributed by atoms with van der Waals surface area (Å²) in [6, 6.07) is 12.2. The summed E-state index contributed by atoms with van der Waals surface area (Å²) in [7, 11) is 1.53. The first-order valence-electron chi connectivity index (χ1n) is 7.69. The summed E-state index contributed by atoms with van der Waals surface area (Å²) in [4.78, 5) is 26.4. The molecule has 1 saturated heterocycles. The standard InChI is InChI=1S/C18H16Cl2N2O3/c1-25-15-8-3-2-6-13(15)21-18(24)11-9-16(23)22(10-11)14-7-4-5-12(19)17(14)20/h2-8,11H,9-10H2,1H3,(H,21,24)/t11-/m1/s1. The molecule has 1 N–H and O–H groups in total. The Labute approximate surface area is 155 Å². The molecule has 1 fully saturated rings. The van der Waals surface area contributed by atoms with Crippen molar-refractivity contribution < 1.29 is 14.3 Å². The molecule has 1 aliphatic heterocycles. The second kappa shape index (κ2) is 7.33. The highest BCUT2D eigenvalue weighted by Crippen LogP contribution is 2.36. The Bertz CT molecular complexity index is 826. The molecule has 1 aliphatic rings. The van der Waals surface area contributed by atoms with E-state index in [0.717, 1.165) is 0 Å². The van der Waals surface area contributed by atoms with Crippen LogP contribution in [0.15, 0.2) is 42.5 Å². The molecule has 2 aromatic rings. The predicted molar refractivity (Wildman–Crippen MR) is 98.5 cm³/mol. The molecule has 2 aromatic carbocycles. The lowest BCUT2D eigenvalue weighted by Crippen LogP contribution is -2.28. The number of ether oxygens (including phenoxy) is 1. The second-order valence-corrected chi connectivity index (χ2v) is 6.45. The Kier molecular flexibility index (Phi) is 5.16. The van der Waals surface area contributed by atoms with Crippen LogP contribution >= 0.6 is 23.2 Å². The molecule has 1 heterocycles. The summed E-state index contributed by atoms with van der Waals surface area (Å²) >= 11 is 12.2. The maximum atomic E-state index is 12.6. The molecule has 130 valence electrons. The molecule has 0 aromatic heterocycles. The third-order valence-electron chi connectivity index (χ3n) is 4.08. The minimum atomic E-state index is -0.479. The zero-order chi connectivity index (χ0) is 18.0. The van der Waals surface area contributed by atoms with E-state index in [9.17, 15) is 9.59 Å². The van der Waals surface area contributed by atoms with Crippen LogP contribution in [0.25, 0.3) is 0 Å². The minimum Gasteiger partial charge on any atom is -0.495 e. The van der Waals surface area contributed by atoms with E-state index in [1.54, 1.807) is 36.4 Å². The van der Waals surface area contributed by atoms with Crippen molar-refractivity contribution in [1.29, 1.82) is 0 Å². The van der Waals surface area contributed by atoms with Gasteiger partial charge in [0.05, 0.1) is 34.4 Å². The molecule has 0 bridgehead atoms. The monoisotopic (exact) mass is 378 g/mol. The minimum absolute atomic E-state index is 0.115. The van der Waals surface area contributed by atoms with Gasteiger partial charge in [-0.25, -0.2) is 0 Å². The van der Waals surface area contributed by atoms with Crippen LogP contribution in [0.2, 0.25) is 10.0 Å². The number of rotatable bonds is 4. The van der Waals surface area contributed by atoms with Crippen molar-refractivity contribution in [2.24, 2.45) is 5.92 Å². The Balaban J connectivity index is 1.76. The zero-order valence-electron chi connectivity index (χ0n) is 13.5. The average Bonchev–Trinajstić information content (AvgIpc) is 2.99. The summed E-state index contributed by atoms with van der Waals surface area (Å²) in [5.41, 5.74) is 1.09. The highest BCUT2D eigenvalue weighted by molar-refractivity contribution is 6.44. The first-order chi connectivity index (χ1) is 12.0. The highest BCUT2D eigenvalue weighted by atomic mass is 35.5. The number of anilines is 2. The number of nitrogens with zero attached hydrogens (tertiary/aromatic N) is 1. The zero-order valence-corrected chi connectivity index (χ0v) is 15.0. The lowest BCUT2D eigenvalue weighted by atomic mass is 10.1. The maximum Gasteiger partial charge on any atom is 0.229 e. The Morgan fingerprint density at radius 1 is 1.20 bits per heavy atom. The van der Waals surface area contributed by atoms with Gasteiger partial charge in [0.2, 0.25) is 11.8 Å². The fourth-order valence-electron chi connectivity index (χ4n) is 2.80. The van der Waals surface area contributed by atoms with Crippen LogP contribution in [-0.2, 0) is 9.59 Å². The molecule has 25 heavy (non-hydrogen) atoms. The number of hydrogen-bond donors (Lipinski definition) is 1. The van der Waals surface area contributed by atoms with E-state index in [2.05, 4.69) is 5.32 Å². The van der Waals surface area contributed by atoms with Gasteiger partial charge in [-0.05, 0) is 24.3 Å². The van der Waals surface area contributed by atoms with Crippen molar-refractivity contribution in [2.75, 3.05) is 23.9 Å².